The smallest absolute Gasteiger partial charge is 0.423 e. The quantitative estimate of drug-likeness (QED) is 0.596. The summed E-state index contributed by atoms with van der Waals surface area (Å²) in [6.45, 7) is 0. The molecule has 0 aliphatic heterocycles. The molecule has 1 aromatic heterocycles. The highest BCUT2D eigenvalue weighted by molar-refractivity contribution is 5.61. The van der Waals surface area contributed by atoms with E-state index in [1.807, 2.05) is 0 Å². The SMILES string of the molecule is O=[N+]([O-])c1ccc(-n2c(O)c3c(c2O)[C@@H]2CC[C@H]3[C@H]3C[C@H]32)cc1C(F)(F)F. The first kappa shape index (κ1) is 16.5. The van der Waals surface area contributed by atoms with Gasteiger partial charge < -0.3 is 10.2 Å². The largest absolute Gasteiger partial charge is 0.494 e. The van der Waals surface area contributed by atoms with Crippen molar-refractivity contribution in [1.82, 2.24) is 4.57 Å². The van der Waals surface area contributed by atoms with Crippen LogP contribution >= 0.6 is 0 Å². The highest BCUT2D eigenvalue weighted by Gasteiger charge is 2.59. The third kappa shape index (κ3) is 2.08. The normalized spacial score (nSPS) is 28.0. The molecule has 2 fully saturated rings. The Morgan fingerprint density at radius 1 is 1.07 bits per heavy atom. The summed E-state index contributed by atoms with van der Waals surface area (Å²) in [7, 11) is 0. The van der Waals surface area contributed by atoms with E-state index in [2.05, 4.69) is 0 Å². The van der Waals surface area contributed by atoms with Crippen molar-refractivity contribution in [3.05, 3.63) is 45.0 Å². The predicted molar refractivity (Wildman–Crippen MR) is 87.1 cm³/mol. The molecule has 0 amide bonds. The Morgan fingerprint density at radius 2 is 1.63 bits per heavy atom. The molecule has 0 unspecified atom stereocenters. The van der Waals surface area contributed by atoms with Gasteiger partial charge in [0, 0.05) is 17.2 Å². The Hall–Kier alpha value is -2.71. The van der Waals surface area contributed by atoms with Crippen LogP contribution in [-0.2, 0) is 6.18 Å². The van der Waals surface area contributed by atoms with E-state index in [1.165, 1.54) is 0 Å². The first-order valence-electron chi connectivity index (χ1n) is 8.72. The molecule has 0 spiro atoms. The van der Waals surface area contributed by atoms with Gasteiger partial charge in [0.1, 0.15) is 5.56 Å². The van der Waals surface area contributed by atoms with Crippen LogP contribution in [0.2, 0.25) is 0 Å². The molecule has 9 heteroatoms. The Balaban J connectivity index is 1.70. The van der Waals surface area contributed by atoms with Gasteiger partial charge in [-0.3, -0.25) is 14.7 Å². The van der Waals surface area contributed by atoms with Gasteiger partial charge >= 0.3 is 6.18 Å². The zero-order chi connectivity index (χ0) is 19.2. The second kappa shape index (κ2) is 4.96. The number of aromatic nitrogens is 1. The molecule has 4 atom stereocenters. The van der Waals surface area contributed by atoms with Crippen LogP contribution in [0.5, 0.6) is 11.8 Å². The van der Waals surface area contributed by atoms with E-state index in [1.54, 1.807) is 0 Å². The van der Waals surface area contributed by atoms with Crippen LogP contribution in [0.4, 0.5) is 18.9 Å². The molecule has 27 heavy (non-hydrogen) atoms. The summed E-state index contributed by atoms with van der Waals surface area (Å²) in [5, 5.41) is 32.4. The number of fused-ring (bicyclic) bond motifs is 1. The molecule has 1 heterocycles. The number of alkyl halides is 3. The molecule has 2 bridgehead atoms. The van der Waals surface area contributed by atoms with E-state index in [9.17, 15) is 33.5 Å². The number of nitrogens with zero attached hydrogens (tertiary/aromatic N) is 2. The highest BCUT2D eigenvalue weighted by Crippen LogP contribution is 2.70. The van der Waals surface area contributed by atoms with Crippen LogP contribution in [0, 0.1) is 22.0 Å². The van der Waals surface area contributed by atoms with Crippen LogP contribution in [0.15, 0.2) is 18.2 Å². The first-order chi connectivity index (χ1) is 12.7. The summed E-state index contributed by atoms with van der Waals surface area (Å²) in [6.07, 6.45) is -2.09. The molecule has 2 saturated carbocycles. The van der Waals surface area contributed by atoms with Crippen molar-refractivity contribution in [2.45, 2.75) is 37.3 Å². The third-order valence-corrected chi connectivity index (χ3v) is 6.39. The summed E-state index contributed by atoms with van der Waals surface area (Å²) in [5.74, 6) is 0.651. The van der Waals surface area contributed by atoms with Crippen LogP contribution in [0.25, 0.3) is 5.69 Å². The zero-order valence-electron chi connectivity index (χ0n) is 13.9. The van der Waals surface area contributed by atoms with Crippen LogP contribution in [0.3, 0.4) is 0 Å². The Kier molecular flexibility index (Phi) is 3.03. The van der Waals surface area contributed by atoms with Gasteiger partial charge in [-0.1, -0.05) is 0 Å². The number of hydrogen-bond acceptors (Lipinski definition) is 4. The second-order valence-corrected chi connectivity index (χ2v) is 7.62. The van der Waals surface area contributed by atoms with Gasteiger partial charge in [0.05, 0.1) is 10.6 Å². The van der Waals surface area contributed by atoms with Crippen LogP contribution < -0.4 is 0 Å². The molecule has 4 aliphatic rings. The van der Waals surface area contributed by atoms with E-state index in [0.717, 1.165) is 36.0 Å². The molecule has 0 radical (unpaired) electrons. The molecular weight excluding hydrogens is 365 g/mol. The van der Waals surface area contributed by atoms with E-state index in [0.29, 0.717) is 29.0 Å². The Labute approximate surface area is 151 Å². The zero-order valence-corrected chi connectivity index (χ0v) is 13.9. The number of nitro groups is 1. The summed E-state index contributed by atoms with van der Waals surface area (Å²) < 4.78 is 40.8. The molecule has 4 aliphatic carbocycles. The average molecular weight is 380 g/mol. The molecule has 2 aromatic rings. The monoisotopic (exact) mass is 380 g/mol. The fraction of sp³-hybridized carbons (Fsp3) is 0.444. The molecular formula is C18H15F3N2O4. The molecule has 2 N–H and O–H groups in total. The Bertz CT molecular complexity index is 958. The van der Waals surface area contributed by atoms with Crippen molar-refractivity contribution in [2.75, 3.05) is 0 Å². The fourth-order valence-electron chi connectivity index (χ4n) is 5.27. The van der Waals surface area contributed by atoms with Gasteiger partial charge in [-0.2, -0.15) is 13.2 Å². The van der Waals surface area contributed by atoms with Crippen LogP contribution in [0.1, 0.15) is 47.8 Å². The summed E-state index contributed by atoms with van der Waals surface area (Å²) >= 11 is 0. The van der Waals surface area contributed by atoms with Crippen LogP contribution in [-0.4, -0.2) is 19.7 Å². The third-order valence-electron chi connectivity index (χ3n) is 6.39. The van der Waals surface area contributed by atoms with Crippen molar-refractivity contribution >= 4 is 5.69 Å². The number of halogens is 3. The minimum atomic E-state index is -4.93. The average Bonchev–Trinajstić information content (AvgIpc) is 3.38. The van der Waals surface area contributed by atoms with Gasteiger partial charge in [0.2, 0.25) is 11.8 Å². The number of rotatable bonds is 2. The summed E-state index contributed by atoms with van der Waals surface area (Å²) in [6, 6.07) is 2.47. The Morgan fingerprint density at radius 3 is 2.11 bits per heavy atom. The van der Waals surface area contributed by atoms with E-state index < -0.39 is 22.4 Å². The molecule has 0 saturated heterocycles. The molecule has 6 rings (SSSR count). The van der Waals surface area contributed by atoms with Crippen molar-refractivity contribution in [1.29, 1.82) is 0 Å². The van der Waals surface area contributed by atoms with Crippen molar-refractivity contribution in [2.24, 2.45) is 11.8 Å². The topological polar surface area (TPSA) is 88.5 Å². The molecule has 142 valence electrons. The van der Waals surface area contributed by atoms with E-state index in [4.69, 9.17) is 0 Å². The lowest BCUT2D eigenvalue weighted by atomic mass is 9.68. The van der Waals surface area contributed by atoms with Crippen molar-refractivity contribution < 1.29 is 28.3 Å². The standard InChI is InChI=1S/C18H15F3N2O4/c19-18(20,21)12-5-7(1-4-13(12)23(26)27)22-16(24)14-8-2-3-9(11-6-10(8)11)15(14)17(22)25/h1,4-5,8-11,24-25H,2-3,6H2/t8-,9+,10+,11-. The van der Waals surface area contributed by atoms with Crippen molar-refractivity contribution in [3.8, 4) is 17.4 Å². The van der Waals surface area contributed by atoms with E-state index >= 15 is 0 Å². The fourth-order valence-corrected chi connectivity index (χ4v) is 5.27. The number of hydrogen-bond donors (Lipinski definition) is 2. The summed E-state index contributed by atoms with van der Waals surface area (Å²) in [5.41, 5.74) is -1.36. The van der Waals surface area contributed by atoms with Gasteiger partial charge in [-0.15, -0.1) is 0 Å². The number of benzene rings is 1. The maximum atomic E-state index is 13.3. The number of aromatic hydroxyl groups is 2. The lowest BCUT2D eigenvalue weighted by molar-refractivity contribution is -0.388. The van der Waals surface area contributed by atoms with Gasteiger partial charge in [-0.05, 0) is 55.1 Å². The van der Waals surface area contributed by atoms with Gasteiger partial charge in [0.15, 0.2) is 0 Å². The number of nitro benzene ring substituents is 1. The first-order valence-corrected chi connectivity index (χ1v) is 8.72. The van der Waals surface area contributed by atoms with Crippen molar-refractivity contribution in [3.63, 3.8) is 0 Å². The maximum Gasteiger partial charge on any atom is 0.423 e. The second-order valence-electron chi connectivity index (χ2n) is 7.62. The predicted octanol–water partition coefficient (Wildman–Crippen LogP) is 4.43. The lowest BCUT2D eigenvalue weighted by Crippen LogP contribution is -2.22. The molecule has 6 nitrogen and oxygen atoms in total. The maximum absolute atomic E-state index is 13.3. The summed E-state index contributed by atoms with van der Waals surface area (Å²) in [4.78, 5) is 9.85. The highest BCUT2D eigenvalue weighted by atomic mass is 19.4. The van der Waals surface area contributed by atoms with Gasteiger partial charge in [0.25, 0.3) is 5.69 Å². The minimum Gasteiger partial charge on any atom is -0.494 e. The lowest BCUT2D eigenvalue weighted by Gasteiger charge is -2.35. The van der Waals surface area contributed by atoms with Gasteiger partial charge in [-0.25, -0.2) is 0 Å². The van der Waals surface area contributed by atoms with E-state index in [-0.39, 0.29) is 29.3 Å². The minimum absolute atomic E-state index is 0.113. The molecule has 1 aromatic carbocycles.